The van der Waals surface area contributed by atoms with Gasteiger partial charge in [0.25, 0.3) is 5.91 Å². The number of carbonyl (C=O) groups excluding carboxylic acids is 1. The second kappa shape index (κ2) is 15.9. The average molecular weight is 824 g/mol. The van der Waals surface area contributed by atoms with Crippen LogP contribution in [0.3, 0.4) is 0 Å². The van der Waals surface area contributed by atoms with Gasteiger partial charge in [-0.05, 0) is 66.1 Å². The summed E-state index contributed by atoms with van der Waals surface area (Å²) in [5.74, 6) is -7.69. The number of aliphatic carboxylic acids is 1. The van der Waals surface area contributed by atoms with Crippen LogP contribution in [-0.2, 0) is 26.2 Å². The maximum Gasteiger partial charge on any atom is 0.355 e. The molecule has 0 unspecified atom stereocenters. The smallest absolute Gasteiger partial charge is 0.355 e. The number of carboxylic acids is 1. The van der Waals surface area contributed by atoms with E-state index in [1.165, 1.54) is 30.4 Å². The molecule has 1 saturated heterocycles. The number of benzene rings is 3. The Balaban J connectivity index is 1.23. The van der Waals surface area contributed by atoms with Gasteiger partial charge in [0.05, 0.1) is 23.7 Å². The van der Waals surface area contributed by atoms with Crippen LogP contribution in [0.4, 0.5) is 5.69 Å². The van der Waals surface area contributed by atoms with Crippen LogP contribution < -0.4 is 9.64 Å². The van der Waals surface area contributed by atoms with Gasteiger partial charge in [0, 0.05) is 35.5 Å². The molecule has 0 spiro atoms. The number of nitrogens with zero attached hydrogens (tertiary/aromatic N) is 3. The van der Waals surface area contributed by atoms with Crippen LogP contribution in [0.2, 0.25) is 0 Å². The summed E-state index contributed by atoms with van der Waals surface area (Å²) in [6.45, 7) is 1.41. The van der Waals surface area contributed by atoms with Crippen LogP contribution in [0.25, 0.3) is 6.08 Å². The molecule has 5 aliphatic rings. The van der Waals surface area contributed by atoms with E-state index in [0.29, 0.717) is 36.2 Å². The first-order valence-electron chi connectivity index (χ1n) is 20.3. The standard InChI is InChI=1S/C45H49N3O12/c1-2-30-31(47-24-46-30)20-26-19-25(11-13-33(26)50)12-14-37(52)48-32-22-35(59-45(58)41(55)40(54)39(53)36(23-49)60-45)34(51)21-28(32)38-29(15-18-44(38,48)42(56)57)43(16-7-4-8-17-43)27-9-5-3-6-10-27/h3,5-6,9-15,18-19,21-22,29,36,38-41,49-51,53-55,58H,2,4,7-8,16-17,20,23-24H2,1H3,(H,56,57)/t29-,36-,38-,39-,40+,41-,44-,45-/m1/s1. The molecule has 15 heteroatoms. The Morgan fingerprint density at radius 1 is 0.950 bits per heavy atom. The number of carboxylic acid groups (broad SMARTS) is 1. The summed E-state index contributed by atoms with van der Waals surface area (Å²) in [6.07, 6.45) is 3.72. The van der Waals surface area contributed by atoms with Gasteiger partial charge in [0.1, 0.15) is 30.7 Å². The van der Waals surface area contributed by atoms with Crippen molar-refractivity contribution in [2.45, 2.75) is 99.1 Å². The molecule has 3 aliphatic heterocycles. The number of hydrogen-bond donors (Lipinski definition) is 8. The molecule has 1 saturated carbocycles. The van der Waals surface area contributed by atoms with E-state index in [4.69, 9.17) is 9.47 Å². The Bertz CT molecular complexity index is 2290. The third-order valence-electron chi connectivity index (χ3n) is 13.0. The fraction of sp³-hybridized carbons (Fsp3) is 0.422. The molecule has 3 heterocycles. The first-order valence-corrected chi connectivity index (χ1v) is 20.3. The zero-order chi connectivity index (χ0) is 42.6. The number of allylic oxidation sites excluding steroid dienone is 1. The van der Waals surface area contributed by atoms with Gasteiger partial charge in [-0.25, -0.2) is 4.79 Å². The molecular formula is C45H49N3O12. The fourth-order valence-corrected chi connectivity index (χ4v) is 10.1. The highest BCUT2D eigenvalue weighted by molar-refractivity contribution is 6.43. The summed E-state index contributed by atoms with van der Waals surface area (Å²) in [4.78, 5) is 38.7. The second-order valence-electron chi connectivity index (χ2n) is 16.2. The first kappa shape index (κ1) is 41.3. The predicted octanol–water partition coefficient (Wildman–Crippen LogP) is 3.46. The number of hydrogen-bond acceptors (Lipinski definition) is 13. The van der Waals surface area contributed by atoms with E-state index >= 15 is 0 Å². The molecule has 8 N–H and O–H groups in total. The van der Waals surface area contributed by atoms with Gasteiger partial charge in [0.2, 0.25) is 0 Å². The number of anilines is 1. The van der Waals surface area contributed by atoms with Crippen LogP contribution in [0.15, 0.2) is 88.9 Å². The van der Waals surface area contributed by atoms with Crippen molar-refractivity contribution in [3.05, 3.63) is 101 Å². The van der Waals surface area contributed by atoms with Crippen molar-refractivity contribution in [3.8, 4) is 17.2 Å². The van der Waals surface area contributed by atoms with Crippen molar-refractivity contribution in [2.75, 3.05) is 18.2 Å². The lowest BCUT2D eigenvalue weighted by atomic mass is 9.57. The number of fused-ring (bicyclic) bond motifs is 3. The molecule has 2 aliphatic carbocycles. The number of carbonyl (C=O) groups is 2. The van der Waals surface area contributed by atoms with Crippen molar-refractivity contribution in [1.82, 2.24) is 0 Å². The lowest BCUT2D eigenvalue weighted by Crippen LogP contribution is -2.67. The molecule has 8 atom stereocenters. The SMILES string of the molecule is CCC1=NCN=C1Cc1cc(C=CC(=O)N2c3cc(O[C@@]4(O)O[C@H](CO)[C@@H](O)[C@H](O)[C@H]4O)c(O)cc3[C@@H]3[C@H](C4(c5ccccc5)CCCCC4)C=C[C@]32C(=O)O)ccc1O. The number of rotatable bonds is 11. The molecule has 0 aromatic heterocycles. The van der Waals surface area contributed by atoms with Crippen molar-refractivity contribution < 1.29 is 59.9 Å². The third kappa shape index (κ3) is 6.69. The molecule has 0 bridgehead atoms. The van der Waals surface area contributed by atoms with Gasteiger partial charge in [0.15, 0.2) is 23.1 Å². The summed E-state index contributed by atoms with van der Waals surface area (Å²) >= 11 is 0. The molecule has 2 fully saturated rings. The number of aromatic hydroxyl groups is 2. The number of aliphatic imine (C=N–C) groups is 2. The molecule has 0 radical (unpaired) electrons. The van der Waals surface area contributed by atoms with E-state index in [1.807, 2.05) is 43.3 Å². The molecule has 3 aromatic rings. The van der Waals surface area contributed by atoms with Crippen molar-refractivity contribution in [2.24, 2.45) is 15.9 Å². The average Bonchev–Trinajstić information content (AvgIpc) is 3.95. The monoisotopic (exact) mass is 823 g/mol. The predicted molar refractivity (Wildman–Crippen MR) is 219 cm³/mol. The van der Waals surface area contributed by atoms with Crippen molar-refractivity contribution >= 4 is 35.1 Å². The Labute approximate surface area is 345 Å². The first-order chi connectivity index (χ1) is 28.8. The lowest BCUT2D eigenvalue weighted by Gasteiger charge is -2.46. The number of phenolic OH excluding ortho intramolecular Hbond substituents is 2. The minimum atomic E-state index is -3.11. The van der Waals surface area contributed by atoms with Crippen LogP contribution in [0, 0.1) is 5.92 Å². The Kier molecular flexibility index (Phi) is 10.9. The maximum absolute atomic E-state index is 14.8. The summed E-state index contributed by atoms with van der Waals surface area (Å²) in [5.41, 5.74) is 1.55. The van der Waals surface area contributed by atoms with Crippen molar-refractivity contribution in [3.63, 3.8) is 0 Å². The highest BCUT2D eigenvalue weighted by atomic mass is 16.8. The van der Waals surface area contributed by atoms with Gasteiger partial charge in [-0.15, -0.1) is 0 Å². The molecule has 60 heavy (non-hydrogen) atoms. The highest BCUT2D eigenvalue weighted by Crippen LogP contribution is 2.64. The lowest BCUT2D eigenvalue weighted by molar-refractivity contribution is -0.422. The van der Waals surface area contributed by atoms with E-state index in [2.05, 4.69) is 9.98 Å². The van der Waals surface area contributed by atoms with Gasteiger partial charge in [-0.2, -0.15) is 0 Å². The summed E-state index contributed by atoms with van der Waals surface area (Å²) in [6, 6.07) is 17.2. The van der Waals surface area contributed by atoms with Gasteiger partial charge >= 0.3 is 11.9 Å². The van der Waals surface area contributed by atoms with Crippen LogP contribution >= 0.6 is 0 Å². The van der Waals surface area contributed by atoms with Crippen LogP contribution in [-0.4, -0.2) is 113 Å². The zero-order valence-electron chi connectivity index (χ0n) is 33.0. The maximum atomic E-state index is 14.8. The van der Waals surface area contributed by atoms with Crippen LogP contribution in [0.5, 0.6) is 17.2 Å². The van der Waals surface area contributed by atoms with E-state index in [0.717, 1.165) is 54.0 Å². The minimum Gasteiger partial charge on any atom is -0.508 e. The van der Waals surface area contributed by atoms with Gasteiger partial charge in [-0.1, -0.05) is 74.7 Å². The molecule has 15 nitrogen and oxygen atoms in total. The minimum absolute atomic E-state index is 0.0310. The molecule has 8 rings (SSSR count). The number of amides is 1. The fourth-order valence-electron chi connectivity index (χ4n) is 10.1. The second-order valence-corrected chi connectivity index (χ2v) is 16.2. The number of aliphatic hydroxyl groups excluding tert-OH is 4. The topological polar surface area (TPSA) is 242 Å². The van der Waals surface area contributed by atoms with E-state index in [1.54, 1.807) is 18.2 Å². The zero-order valence-corrected chi connectivity index (χ0v) is 33.0. The summed E-state index contributed by atoms with van der Waals surface area (Å²) < 4.78 is 11.0. The van der Waals surface area contributed by atoms with Gasteiger partial charge < -0.3 is 50.3 Å². The van der Waals surface area contributed by atoms with E-state index in [-0.39, 0.29) is 11.4 Å². The number of aliphatic hydroxyl groups is 5. The Hall–Kier alpha value is -5.42. The largest absolute Gasteiger partial charge is 0.508 e. The third-order valence-corrected chi connectivity index (χ3v) is 13.0. The quantitative estimate of drug-likeness (QED) is 0.0788. The van der Waals surface area contributed by atoms with E-state index < -0.39 is 83.2 Å². The summed E-state index contributed by atoms with van der Waals surface area (Å²) in [7, 11) is 0. The Morgan fingerprint density at radius 2 is 1.68 bits per heavy atom. The molecule has 1 amide bonds. The normalized spacial score (nSPS) is 30.5. The highest BCUT2D eigenvalue weighted by Gasteiger charge is 2.66. The Morgan fingerprint density at radius 3 is 2.38 bits per heavy atom. The van der Waals surface area contributed by atoms with Crippen LogP contribution in [0.1, 0.15) is 73.6 Å². The van der Waals surface area contributed by atoms with Crippen molar-refractivity contribution in [1.29, 1.82) is 0 Å². The number of phenols is 2. The molecular weight excluding hydrogens is 775 g/mol. The molecule has 316 valence electrons. The number of ether oxygens (including phenoxy) is 2. The summed E-state index contributed by atoms with van der Waals surface area (Å²) in [5, 5.41) is 86.4. The van der Waals surface area contributed by atoms with Gasteiger partial charge in [-0.3, -0.25) is 19.7 Å². The van der Waals surface area contributed by atoms with E-state index in [9.17, 15) is 50.4 Å². The molecule has 3 aromatic carbocycles.